The summed E-state index contributed by atoms with van der Waals surface area (Å²) < 4.78 is 2.16. The van der Waals surface area contributed by atoms with E-state index in [-0.39, 0.29) is 6.04 Å². The SMILES string of the molecule is CCNC(c1nccc2ccccc12)c1nccn1CC. The topological polar surface area (TPSA) is 42.7 Å². The largest absolute Gasteiger partial charge is 0.334 e. The molecule has 0 aliphatic carbocycles. The summed E-state index contributed by atoms with van der Waals surface area (Å²) in [4.78, 5) is 9.19. The molecule has 108 valence electrons. The van der Waals surface area contributed by atoms with Crippen molar-refractivity contribution in [3.8, 4) is 0 Å². The molecule has 1 unspecified atom stereocenters. The average molecular weight is 280 g/mol. The number of hydrogen-bond donors (Lipinski definition) is 1. The lowest BCUT2D eigenvalue weighted by Crippen LogP contribution is -2.26. The standard InChI is InChI=1S/C17H20N4/c1-3-18-16(17-20-11-12-21(17)4-2)15-14-8-6-5-7-13(14)9-10-19-15/h5-12,16,18H,3-4H2,1-2H3. The minimum absolute atomic E-state index is 0.0102. The number of nitrogens with zero attached hydrogens (tertiary/aromatic N) is 3. The van der Waals surface area contributed by atoms with Crippen LogP contribution in [0.15, 0.2) is 48.9 Å². The highest BCUT2D eigenvalue weighted by molar-refractivity contribution is 5.84. The second kappa shape index (κ2) is 6.06. The third kappa shape index (κ3) is 2.54. The number of nitrogens with one attached hydrogen (secondary N) is 1. The summed E-state index contributed by atoms with van der Waals surface area (Å²) in [5, 5.41) is 5.91. The molecule has 21 heavy (non-hydrogen) atoms. The highest BCUT2D eigenvalue weighted by Crippen LogP contribution is 2.26. The maximum atomic E-state index is 4.64. The Morgan fingerprint density at radius 3 is 2.76 bits per heavy atom. The first-order chi connectivity index (χ1) is 10.3. The molecule has 0 radical (unpaired) electrons. The maximum Gasteiger partial charge on any atom is 0.132 e. The van der Waals surface area contributed by atoms with Gasteiger partial charge in [-0.3, -0.25) is 4.98 Å². The molecular formula is C17H20N4. The highest BCUT2D eigenvalue weighted by atomic mass is 15.1. The van der Waals surface area contributed by atoms with Crippen LogP contribution in [0.2, 0.25) is 0 Å². The Bertz CT molecular complexity index is 727. The van der Waals surface area contributed by atoms with Crippen LogP contribution >= 0.6 is 0 Å². The number of imidazole rings is 1. The number of benzene rings is 1. The van der Waals surface area contributed by atoms with Crippen molar-refractivity contribution in [1.29, 1.82) is 0 Å². The summed E-state index contributed by atoms with van der Waals surface area (Å²) in [7, 11) is 0. The van der Waals surface area contributed by atoms with E-state index in [1.165, 1.54) is 10.8 Å². The zero-order valence-corrected chi connectivity index (χ0v) is 12.5. The fourth-order valence-electron chi connectivity index (χ4n) is 2.74. The Labute approximate surface area is 124 Å². The molecule has 0 spiro atoms. The lowest BCUT2D eigenvalue weighted by Gasteiger charge is -2.19. The van der Waals surface area contributed by atoms with Crippen molar-refractivity contribution in [2.45, 2.75) is 26.4 Å². The molecule has 0 aliphatic heterocycles. The molecule has 0 fully saturated rings. The second-order valence-corrected chi connectivity index (χ2v) is 4.98. The molecule has 1 N–H and O–H groups in total. The minimum atomic E-state index is 0.0102. The van der Waals surface area contributed by atoms with Crippen molar-refractivity contribution in [2.24, 2.45) is 0 Å². The van der Waals surface area contributed by atoms with Gasteiger partial charge in [-0.05, 0) is 24.9 Å². The summed E-state index contributed by atoms with van der Waals surface area (Å²) in [5.74, 6) is 1.02. The molecule has 3 rings (SSSR count). The van der Waals surface area contributed by atoms with E-state index in [9.17, 15) is 0 Å². The van der Waals surface area contributed by atoms with Gasteiger partial charge in [0.2, 0.25) is 0 Å². The molecule has 2 aromatic heterocycles. The van der Waals surface area contributed by atoms with Crippen molar-refractivity contribution < 1.29 is 0 Å². The molecule has 0 aliphatic rings. The predicted molar refractivity (Wildman–Crippen MR) is 85.2 cm³/mol. The van der Waals surface area contributed by atoms with Gasteiger partial charge in [-0.1, -0.05) is 31.2 Å². The van der Waals surface area contributed by atoms with E-state index >= 15 is 0 Å². The first-order valence-electron chi connectivity index (χ1n) is 7.43. The third-order valence-electron chi connectivity index (χ3n) is 3.73. The van der Waals surface area contributed by atoms with E-state index in [1.807, 2.05) is 24.7 Å². The van der Waals surface area contributed by atoms with Gasteiger partial charge in [0.25, 0.3) is 0 Å². The summed E-state index contributed by atoms with van der Waals surface area (Å²) in [6.07, 6.45) is 5.75. The van der Waals surface area contributed by atoms with Crippen LogP contribution in [0.5, 0.6) is 0 Å². The van der Waals surface area contributed by atoms with E-state index < -0.39 is 0 Å². The lowest BCUT2D eigenvalue weighted by atomic mass is 10.0. The Balaban J connectivity index is 2.16. The smallest absolute Gasteiger partial charge is 0.132 e. The number of pyridine rings is 1. The maximum absolute atomic E-state index is 4.64. The molecule has 4 heteroatoms. The number of aromatic nitrogens is 3. The molecule has 0 saturated heterocycles. The molecule has 1 atom stereocenters. The van der Waals surface area contributed by atoms with Gasteiger partial charge in [-0.15, -0.1) is 0 Å². The van der Waals surface area contributed by atoms with Crippen molar-refractivity contribution >= 4 is 10.8 Å². The highest BCUT2D eigenvalue weighted by Gasteiger charge is 2.21. The molecule has 0 amide bonds. The normalized spacial score (nSPS) is 12.7. The second-order valence-electron chi connectivity index (χ2n) is 4.98. The van der Waals surface area contributed by atoms with Crippen LogP contribution in [-0.4, -0.2) is 21.1 Å². The summed E-state index contributed by atoms with van der Waals surface area (Å²) in [5.41, 5.74) is 1.04. The number of hydrogen-bond acceptors (Lipinski definition) is 3. The summed E-state index contributed by atoms with van der Waals surface area (Å²) in [6.45, 7) is 6.01. The van der Waals surface area contributed by atoms with Crippen LogP contribution in [0.1, 0.15) is 31.4 Å². The number of rotatable bonds is 5. The van der Waals surface area contributed by atoms with Gasteiger partial charge >= 0.3 is 0 Å². The van der Waals surface area contributed by atoms with Gasteiger partial charge in [0.15, 0.2) is 0 Å². The van der Waals surface area contributed by atoms with E-state index in [1.54, 1.807) is 0 Å². The fourth-order valence-corrected chi connectivity index (χ4v) is 2.74. The number of fused-ring (bicyclic) bond motifs is 1. The van der Waals surface area contributed by atoms with E-state index in [4.69, 9.17) is 0 Å². The summed E-state index contributed by atoms with van der Waals surface area (Å²) in [6, 6.07) is 10.4. The summed E-state index contributed by atoms with van der Waals surface area (Å²) >= 11 is 0. The van der Waals surface area contributed by atoms with Crippen LogP contribution in [0.4, 0.5) is 0 Å². The van der Waals surface area contributed by atoms with Gasteiger partial charge < -0.3 is 9.88 Å². The first kappa shape index (κ1) is 13.8. The molecule has 0 bridgehead atoms. The third-order valence-corrected chi connectivity index (χ3v) is 3.73. The lowest BCUT2D eigenvalue weighted by molar-refractivity contribution is 0.552. The predicted octanol–water partition coefficient (Wildman–Crippen LogP) is 3.15. The minimum Gasteiger partial charge on any atom is -0.334 e. The van der Waals surface area contributed by atoms with Crippen LogP contribution in [0.25, 0.3) is 10.8 Å². The molecular weight excluding hydrogens is 260 g/mol. The Morgan fingerprint density at radius 2 is 1.95 bits per heavy atom. The van der Waals surface area contributed by atoms with Gasteiger partial charge in [-0.25, -0.2) is 4.98 Å². The van der Waals surface area contributed by atoms with E-state index in [2.05, 4.69) is 58.0 Å². The molecule has 4 nitrogen and oxygen atoms in total. The Morgan fingerprint density at radius 1 is 1.10 bits per heavy atom. The number of aryl methyl sites for hydroxylation is 1. The zero-order valence-electron chi connectivity index (χ0n) is 12.5. The van der Waals surface area contributed by atoms with Gasteiger partial charge in [-0.2, -0.15) is 0 Å². The van der Waals surface area contributed by atoms with E-state index in [0.29, 0.717) is 0 Å². The van der Waals surface area contributed by atoms with Gasteiger partial charge in [0, 0.05) is 30.5 Å². The van der Waals surface area contributed by atoms with Crippen molar-refractivity contribution in [2.75, 3.05) is 6.54 Å². The quantitative estimate of drug-likeness (QED) is 0.780. The molecule has 1 aromatic carbocycles. The molecule has 0 saturated carbocycles. The van der Waals surface area contributed by atoms with Crippen LogP contribution in [-0.2, 0) is 6.54 Å². The first-order valence-corrected chi connectivity index (χ1v) is 7.43. The van der Waals surface area contributed by atoms with Crippen molar-refractivity contribution in [3.05, 3.63) is 60.4 Å². The fraction of sp³-hybridized carbons (Fsp3) is 0.294. The van der Waals surface area contributed by atoms with Crippen LogP contribution in [0, 0.1) is 0 Å². The molecule has 2 heterocycles. The monoisotopic (exact) mass is 280 g/mol. The van der Waals surface area contributed by atoms with Gasteiger partial charge in [0.05, 0.1) is 5.69 Å². The zero-order chi connectivity index (χ0) is 14.7. The van der Waals surface area contributed by atoms with Crippen molar-refractivity contribution in [1.82, 2.24) is 19.9 Å². The van der Waals surface area contributed by atoms with Crippen LogP contribution in [0.3, 0.4) is 0 Å². The average Bonchev–Trinajstić information content (AvgIpc) is 3.00. The van der Waals surface area contributed by atoms with Crippen molar-refractivity contribution in [3.63, 3.8) is 0 Å². The molecule has 3 aromatic rings. The van der Waals surface area contributed by atoms with Crippen LogP contribution < -0.4 is 5.32 Å². The van der Waals surface area contributed by atoms with Gasteiger partial charge in [0.1, 0.15) is 11.9 Å². The Hall–Kier alpha value is -2.20. The Kier molecular flexibility index (Phi) is 3.97. The van der Waals surface area contributed by atoms with E-state index in [0.717, 1.165) is 24.6 Å².